The van der Waals surface area contributed by atoms with Gasteiger partial charge in [0.15, 0.2) is 11.6 Å². The summed E-state index contributed by atoms with van der Waals surface area (Å²) in [5.41, 5.74) is 6.03. The van der Waals surface area contributed by atoms with Gasteiger partial charge in [-0.3, -0.25) is 4.79 Å². The second-order valence-electron chi connectivity index (χ2n) is 4.67. The fourth-order valence-electron chi connectivity index (χ4n) is 1.96. The van der Waals surface area contributed by atoms with E-state index in [4.69, 9.17) is 5.73 Å². The smallest absolute Gasteiger partial charge is 0.224 e. The number of nitrogens with one attached hydrogen (secondary N) is 1. The summed E-state index contributed by atoms with van der Waals surface area (Å²) in [6.45, 7) is 0.411. The monoisotopic (exact) mass is 290 g/mol. The van der Waals surface area contributed by atoms with Gasteiger partial charge in [0.25, 0.3) is 0 Å². The van der Waals surface area contributed by atoms with Gasteiger partial charge in [0.05, 0.1) is 6.42 Å². The summed E-state index contributed by atoms with van der Waals surface area (Å²) in [5, 5.41) is 2.83. The topological polar surface area (TPSA) is 55.1 Å². The summed E-state index contributed by atoms with van der Waals surface area (Å²) in [7, 11) is 0. The molecular weight excluding hydrogens is 274 g/mol. The zero-order valence-corrected chi connectivity index (χ0v) is 11.2. The van der Waals surface area contributed by atoms with Gasteiger partial charge >= 0.3 is 0 Å². The van der Waals surface area contributed by atoms with E-state index in [-0.39, 0.29) is 30.8 Å². The molecule has 3 nitrogen and oxygen atoms in total. The van der Waals surface area contributed by atoms with Gasteiger partial charge in [-0.15, -0.1) is 12.4 Å². The largest absolute Gasteiger partial charge is 0.352 e. The van der Waals surface area contributed by atoms with Crippen molar-refractivity contribution in [2.75, 3.05) is 6.54 Å². The molecule has 2 rings (SSSR count). The molecule has 1 aliphatic rings. The van der Waals surface area contributed by atoms with E-state index >= 15 is 0 Å². The lowest BCUT2D eigenvalue weighted by molar-refractivity contribution is -0.121. The number of halogens is 3. The molecule has 1 amide bonds. The summed E-state index contributed by atoms with van der Waals surface area (Å²) < 4.78 is 25.7. The molecule has 1 saturated carbocycles. The summed E-state index contributed by atoms with van der Waals surface area (Å²) in [4.78, 5) is 11.7. The molecule has 0 aromatic heterocycles. The van der Waals surface area contributed by atoms with Gasteiger partial charge in [-0.25, -0.2) is 8.78 Å². The highest BCUT2D eigenvalue weighted by molar-refractivity contribution is 5.85. The third-order valence-electron chi connectivity index (χ3n) is 3.14. The van der Waals surface area contributed by atoms with Crippen LogP contribution in [0.4, 0.5) is 8.78 Å². The van der Waals surface area contributed by atoms with E-state index in [1.54, 1.807) is 0 Å². The number of carbonyl (C=O) groups excluding carboxylic acids is 1. The molecule has 1 aliphatic carbocycles. The highest BCUT2D eigenvalue weighted by Crippen LogP contribution is 2.32. The van der Waals surface area contributed by atoms with Crippen molar-refractivity contribution >= 4 is 18.3 Å². The third-order valence-corrected chi connectivity index (χ3v) is 3.14. The van der Waals surface area contributed by atoms with Gasteiger partial charge in [0.1, 0.15) is 0 Å². The zero-order valence-electron chi connectivity index (χ0n) is 10.4. The number of carbonyl (C=O) groups is 1. The quantitative estimate of drug-likeness (QED) is 0.868. The average Bonchev–Trinajstić information content (AvgIpc) is 3.15. The molecule has 1 aromatic carbocycles. The van der Waals surface area contributed by atoms with Gasteiger partial charge in [0.2, 0.25) is 5.91 Å². The Morgan fingerprint density at radius 1 is 1.37 bits per heavy atom. The molecule has 0 bridgehead atoms. The van der Waals surface area contributed by atoms with Crippen LogP contribution in [0.15, 0.2) is 18.2 Å². The van der Waals surface area contributed by atoms with E-state index in [0.29, 0.717) is 18.0 Å². The van der Waals surface area contributed by atoms with Gasteiger partial charge in [-0.2, -0.15) is 0 Å². The van der Waals surface area contributed by atoms with Gasteiger partial charge in [0, 0.05) is 12.6 Å². The molecule has 0 radical (unpaired) electrons. The number of hydrogen-bond acceptors (Lipinski definition) is 2. The maximum absolute atomic E-state index is 13.0. The molecule has 1 unspecified atom stereocenters. The first-order valence-electron chi connectivity index (χ1n) is 6.03. The van der Waals surface area contributed by atoms with E-state index in [1.807, 2.05) is 0 Å². The fraction of sp³-hybridized carbons (Fsp3) is 0.462. The lowest BCUT2D eigenvalue weighted by atomic mass is 10.1. The van der Waals surface area contributed by atoms with Crippen molar-refractivity contribution in [2.24, 2.45) is 11.7 Å². The molecule has 0 aliphatic heterocycles. The number of nitrogens with two attached hydrogens (primary N) is 1. The minimum Gasteiger partial charge on any atom is -0.352 e. The Morgan fingerprint density at radius 2 is 2.05 bits per heavy atom. The normalized spacial score (nSPS) is 15.5. The third kappa shape index (κ3) is 4.44. The van der Waals surface area contributed by atoms with Crippen LogP contribution in [0, 0.1) is 17.6 Å². The van der Waals surface area contributed by atoms with Crippen LogP contribution in [0.25, 0.3) is 0 Å². The Morgan fingerprint density at radius 3 is 2.58 bits per heavy atom. The number of rotatable bonds is 5. The number of benzene rings is 1. The molecular formula is C13H17ClF2N2O. The van der Waals surface area contributed by atoms with E-state index in [2.05, 4.69) is 5.32 Å². The maximum Gasteiger partial charge on any atom is 0.224 e. The van der Waals surface area contributed by atoms with Crippen molar-refractivity contribution < 1.29 is 13.6 Å². The zero-order chi connectivity index (χ0) is 13.1. The molecule has 0 saturated heterocycles. The van der Waals surface area contributed by atoms with Crippen LogP contribution >= 0.6 is 12.4 Å². The Labute approximate surface area is 117 Å². The SMILES string of the molecule is Cl.NCC(NC(=O)Cc1ccc(F)c(F)c1)C1CC1. The summed E-state index contributed by atoms with van der Waals surface area (Å²) in [5.74, 6) is -1.57. The summed E-state index contributed by atoms with van der Waals surface area (Å²) in [6, 6.07) is 3.48. The summed E-state index contributed by atoms with van der Waals surface area (Å²) >= 11 is 0. The lowest BCUT2D eigenvalue weighted by Crippen LogP contribution is -2.42. The number of hydrogen-bond donors (Lipinski definition) is 2. The van der Waals surface area contributed by atoms with Crippen LogP contribution in [0.1, 0.15) is 18.4 Å². The second-order valence-corrected chi connectivity index (χ2v) is 4.67. The molecule has 19 heavy (non-hydrogen) atoms. The van der Waals surface area contributed by atoms with Crippen LogP contribution in [0.5, 0.6) is 0 Å². The molecule has 3 N–H and O–H groups in total. The standard InChI is InChI=1S/C13H16F2N2O.ClH/c14-10-4-1-8(5-11(10)15)6-13(18)17-12(7-16)9-2-3-9;/h1,4-5,9,12H,2-3,6-7,16H2,(H,17,18);1H. The highest BCUT2D eigenvalue weighted by Gasteiger charge is 2.31. The number of amides is 1. The van der Waals surface area contributed by atoms with E-state index in [9.17, 15) is 13.6 Å². The van der Waals surface area contributed by atoms with E-state index in [1.165, 1.54) is 6.07 Å². The molecule has 0 heterocycles. The van der Waals surface area contributed by atoms with Gasteiger partial charge in [-0.05, 0) is 36.5 Å². The minimum absolute atomic E-state index is 0. The predicted molar refractivity (Wildman–Crippen MR) is 71.0 cm³/mol. The Hall–Kier alpha value is -1.20. The molecule has 1 aromatic rings. The minimum atomic E-state index is -0.933. The average molecular weight is 291 g/mol. The molecule has 1 fully saturated rings. The highest BCUT2D eigenvalue weighted by atomic mass is 35.5. The van der Waals surface area contributed by atoms with Crippen LogP contribution in [0.3, 0.4) is 0 Å². The fourth-order valence-corrected chi connectivity index (χ4v) is 1.96. The van der Waals surface area contributed by atoms with Crippen molar-refractivity contribution in [3.63, 3.8) is 0 Å². The van der Waals surface area contributed by atoms with Crippen LogP contribution in [-0.4, -0.2) is 18.5 Å². The van der Waals surface area contributed by atoms with E-state index in [0.717, 1.165) is 25.0 Å². The van der Waals surface area contributed by atoms with Crippen molar-refractivity contribution in [1.29, 1.82) is 0 Å². The van der Waals surface area contributed by atoms with Crippen molar-refractivity contribution in [3.05, 3.63) is 35.4 Å². The molecule has 6 heteroatoms. The first kappa shape index (κ1) is 15.9. The Kier molecular flexibility index (Phi) is 5.69. The molecule has 1 atom stereocenters. The van der Waals surface area contributed by atoms with Crippen LogP contribution in [-0.2, 0) is 11.2 Å². The second kappa shape index (κ2) is 6.82. The maximum atomic E-state index is 13.0. The first-order valence-corrected chi connectivity index (χ1v) is 6.03. The molecule has 106 valence electrons. The van der Waals surface area contributed by atoms with Crippen LogP contribution < -0.4 is 11.1 Å². The van der Waals surface area contributed by atoms with Gasteiger partial charge < -0.3 is 11.1 Å². The van der Waals surface area contributed by atoms with Crippen LogP contribution in [0.2, 0.25) is 0 Å². The Balaban J connectivity index is 0.00000180. The molecule has 0 spiro atoms. The predicted octanol–water partition coefficient (Wildman–Crippen LogP) is 1.78. The Bertz CT molecular complexity index is 452. The van der Waals surface area contributed by atoms with Crippen molar-refractivity contribution in [2.45, 2.75) is 25.3 Å². The lowest BCUT2D eigenvalue weighted by Gasteiger charge is -2.15. The van der Waals surface area contributed by atoms with Gasteiger partial charge in [-0.1, -0.05) is 6.07 Å². The first-order chi connectivity index (χ1) is 8.60. The van der Waals surface area contributed by atoms with Crippen molar-refractivity contribution in [3.8, 4) is 0 Å². The van der Waals surface area contributed by atoms with E-state index < -0.39 is 11.6 Å². The summed E-state index contributed by atoms with van der Waals surface area (Å²) in [6.07, 6.45) is 2.22. The van der Waals surface area contributed by atoms with Crippen molar-refractivity contribution in [1.82, 2.24) is 5.32 Å².